The first-order valence-electron chi connectivity index (χ1n) is 6.66. The smallest absolute Gasteiger partial charge is 0.260 e. The van der Waals surface area contributed by atoms with Crippen molar-refractivity contribution in [3.63, 3.8) is 0 Å². The topological polar surface area (TPSA) is 50.8 Å². The lowest BCUT2D eigenvalue weighted by molar-refractivity contribution is -0.133. The lowest BCUT2D eigenvalue weighted by Crippen LogP contribution is -2.37. The Morgan fingerprint density at radius 2 is 2.25 bits per heavy atom. The second-order valence-electron chi connectivity index (χ2n) is 4.54. The van der Waals surface area contributed by atoms with E-state index < -0.39 is 0 Å². The molecule has 0 atom stereocenters. The Balaban J connectivity index is 1.96. The summed E-state index contributed by atoms with van der Waals surface area (Å²) < 4.78 is 11.6. The molecule has 1 aliphatic heterocycles. The molecule has 20 heavy (non-hydrogen) atoms. The van der Waals surface area contributed by atoms with Crippen LogP contribution in [0.15, 0.2) is 22.7 Å². The molecule has 1 amide bonds. The standard InChI is InChI=1S/C14H19BrN2O3/c1-19-12-5-2-4-11(15)14(12)20-10-13(18)17-8-3-6-16-7-9-17/h2,4-5,16H,3,6-10H2,1H3. The van der Waals surface area contributed by atoms with Crippen LogP contribution in [0.25, 0.3) is 0 Å². The van der Waals surface area contributed by atoms with Gasteiger partial charge in [0.25, 0.3) is 5.91 Å². The number of nitrogens with zero attached hydrogens (tertiary/aromatic N) is 1. The van der Waals surface area contributed by atoms with Crippen molar-refractivity contribution in [2.45, 2.75) is 6.42 Å². The third kappa shape index (κ3) is 3.86. The van der Waals surface area contributed by atoms with Crippen LogP contribution in [0, 0.1) is 0 Å². The highest BCUT2D eigenvalue weighted by atomic mass is 79.9. The Kier molecular flexibility index (Phi) is 5.67. The number of carbonyl (C=O) groups is 1. The third-order valence-corrected chi connectivity index (χ3v) is 3.81. The summed E-state index contributed by atoms with van der Waals surface area (Å²) in [5, 5.41) is 3.27. The monoisotopic (exact) mass is 342 g/mol. The lowest BCUT2D eigenvalue weighted by Gasteiger charge is -2.20. The van der Waals surface area contributed by atoms with Crippen LogP contribution in [0.4, 0.5) is 0 Å². The number of para-hydroxylation sites is 1. The van der Waals surface area contributed by atoms with Crippen LogP contribution in [0.2, 0.25) is 0 Å². The Morgan fingerprint density at radius 3 is 3.05 bits per heavy atom. The normalized spacial score (nSPS) is 15.6. The molecule has 2 rings (SSSR count). The molecule has 1 heterocycles. The molecule has 5 nitrogen and oxygen atoms in total. The van der Waals surface area contributed by atoms with E-state index in [1.165, 1.54) is 0 Å². The average molecular weight is 343 g/mol. The molecule has 0 unspecified atom stereocenters. The largest absolute Gasteiger partial charge is 0.493 e. The summed E-state index contributed by atoms with van der Waals surface area (Å²) in [4.78, 5) is 14.0. The Hall–Kier alpha value is -1.27. The first-order valence-corrected chi connectivity index (χ1v) is 7.45. The molecule has 0 aromatic heterocycles. The predicted octanol–water partition coefficient (Wildman–Crippen LogP) is 1.66. The predicted molar refractivity (Wildman–Crippen MR) is 80.3 cm³/mol. The summed E-state index contributed by atoms with van der Waals surface area (Å²) in [5.74, 6) is 1.19. The van der Waals surface area contributed by atoms with Crippen LogP contribution in [0.5, 0.6) is 11.5 Å². The maximum atomic E-state index is 12.2. The van der Waals surface area contributed by atoms with E-state index in [1.807, 2.05) is 17.0 Å². The van der Waals surface area contributed by atoms with Crippen molar-refractivity contribution in [2.75, 3.05) is 39.9 Å². The van der Waals surface area contributed by atoms with Crippen molar-refractivity contribution in [3.05, 3.63) is 22.7 Å². The van der Waals surface area contributed by atoms with Gasteiger partial charge in [0.1, 0.15) is 0 Å². The van der Waals surface area contributed by atoms with Crippen LogP contribution >= 0.6 is 15.9 Å². The molecule has 0 spiro atoms. The van der Waals surface area contributed by atoms with Gasteiger partial charge in [0, 0.05) is 19.6 Å². The van der Waals surface area contributed by atoms with Crippen molar-refractivity contribution in [1.29, 1.82) is 0 Å². The minimum Gasteiger partial charge on any atom is -0.493 e. The number of halogens is 1. The maximum Gasteiger partial charge on any atom is 0.260 e. The van der Waals surface area contributed by atoms with Gasteiger partial charge in [0.05, 0.1) is 11.6 Å². The lowest BCUT2D eigenvalue weighted by atomic mass is 10.3. The molecule has 1 aromatic carbocycles. The second-order valence-corrected chi connectivity index (χ2v) is 5.40. The van der Waals surface area contributed by atoms with E-state index in [0.29, 0.717) is 11.5 Å². The van der Waals surface area contributed by atoms with Gasteiger partial charge in [0.2, 0.25) is 0 Å². The van der Waals surface area contributed by atoms with Crippen molar-refractivity contribution in [2.24, 2.45) is 0 Å². The summed E-state index contributed by atoms with van der Waals surface area (Å²) in [7, 11) is 1.58. The first-order chi connectivity index (χ1) is 9.72. The molecule has 0 saturated carbocycles. The van der Waals surface area contributed by atoms with Crippen molar-refractivity contribution in [1.82, 2.24) is 10.2 Å². The minimum absolute atomic E-state index is 0.00602. The van der Waals surface area contributed by atoms with E-state index in [-0.39, 0.29) is 12.5 Å². The van der Waals surface area contributed by atoms with Gasteiger partial charge in [-0.05, 0) is 41.0 Å². The van der Waals surface area contributed by atoms with Crippen LogP contribution in [-0.4, -0.2) is 50.7 Å². The van der Waals surface area contributed by atoms with Gasteiger partial charge in [-0.3, -0.25) is 4.79 Å². The van der Waals surface area contributed by atoms with Gasteiger partial charge < -0.3 is 19.7 Å². The molecule has 6 heteroatoms. The number of nitrogens with one attached hydrogen (secondary N) is 1. The molecule has 1 fully saturated rings. The second kappa shape index (κ2) is 7.50. The van der Waals surface area contributed by atoms with E-state index in [1.54, 1.807) is 13.2 Å². The fourth-order valence-electron chi connectivity index (χ4n) is 2.11. The molecular weight excluding hydrogens is 324 g/mol. The maximum absolute atomic E-state index is 12.2. The molecular formula is C14H19BrN2O3. The van der Waals surface area contributed by atoms with Gasteiger partial charge in [-0.2, -0.15) is 0 Å². The summed E-state index contributed by atoms with van der Waals surface area (Å²) in [6.45, 7) is 3.34. The Bertz CT molecular complexity index is 460. The molecule has 0 radical (unpaired) electrons. The molecule has 1 aromatic rings. The molecule has 110 valence electrons. The third-order valence-electron chi connectivity index (χ3n) is 3.18. The number of benzene rings is 1. The van der Waals surface area contributed by atoms with Crippen LogP contribution in [0.1, 0.15) is 6.42 Å². The Morgan fingerprint density at radius 1 is 1.40 bits per heavy atom. The number of carbonyl (C=O) groups excluding carboxylic acids is 1. The van der Waals surface area contributed by atoms with Gasteiger partial charge in [-0.25, -0.2) is 0 Å². The number of ether oxygens (including phenoxy) is 2. The van der Waals surface area contributed by atoms with Gasteiger partial charge in [0.15, 0.2) is 18.1 Å². The number of amides is 1. The fourth-order valence-corrected chi connectivity index (χ4v) is 2.57. The zero-order valence-electron chi connectivity index (χ0n) is 11.5. The fraction of sp³-hybridized carbons (Fsp3) is 0.500. The van der Waals surface area contributed by atoms with Crippen LogP contribution in [0.3, 0.4) is 0 Å². The van der Waals surface area contributed by atoms with E-state index >= 15 is 0 Å². The number of methoxy groups -OCH3 is 1. The summed E-state index contributed by atoms with van der Waals surface area (Å²) in [6, 6.07) is 5.52. The van der Waals surface area contributed by atoms with Gasteiger partial charge in [-0.15, -0.1) is 0 Å². The zero-order chi connectivity index (χ0) is 14.4. The van der Waals surface area contributed by atoms with E-state index in [4.69, 9.17) is 9.47 Å². The molecule has 1 saturated heterocycles. The van der Waals surface area contributed by atoms with Crippen LogP contribution in [-0.2, 0) is 4.79 Å². The molecule has 1 N–H and O–H groups in total. The summed E-state index contributed by atoms with van der Waals surface area (Å²) in [5.41, 5.74) is 0. The zero-order valence-corrected chi connectivity index (χ0v) is 13.1. The van der Waals surface area contributed by atoms with Crippen LogP contribution < -0.4 is 14.8 Å². The van der Waals surface area contributed by atoms with Gasteiger partial charge in [-0.1, -0.05) is 6.07 Å². The van der Waals surface area contributed by atoms with E-state index in [9.17, 15) is 4.79 Å². The first kappa shape index (κ1) is 15.1. The van der Waals surface area contributed by atoms with E-state index in [0.717, 1.165) is 37.1 Å². The van der Waals surface area contributed by atoms with Gasteiger partial charge >= 0.3 is 0 Å². The molecule has 0 aliphatic carbocycles. The quantitative estimate of drug-likeness (QED) is 0.904. The van der Waals surface area contributed by atoms with Crippen molar-refractivity contribution in [3.8, 4) is 11.5 Å². The highest BCUT2D eigenvalue weighted by Crippen LogP contribution is 2.34. The Labute approximate surface area is 127 Å². The van der Waals surface area contributed by atoms with Crippen molar-refractivity contribution >= 4 is 21.8 Å². The SMILES string of the molecule is COc1cccc(Br)c1OCC(=O)N1CCCNCC1. The summed E-state index contributed by atoms with van der Waals surface area (Å²) in [6.07, 6.45) is 0.976. The molecule has 1 aliphatic rings. The highest BCUT2D eigenvalue weighted by Gasteiger charge is 2.17. The number of hydrogen-bond donors (Lipinski definition) is 1. The van der Waals surface area contributed by atoms with E-state index in [2.05, 4.69) is 21.2 Å². The minimum atomic E-state index is 0.00602. The number of rotatable bonds is 4. The molecule has 0 bridgehead atoms. The average Bonchev–Trinajstić information content (AvgIpc) is 2.74. The number of hydrogen-bond acceptors (Lipinski definition) is 4. The van der Waals surface area contributed by atoms with Crippen molar-refractivity contribution < 1.29 is 14.3 Å². The highest BCUT2D eigenvalue weighted by molar-refractivity contribution is 9.10. The summed E-state index contributed by atoms with van der Waals surface area (Å²) >= 11 is 3.41.